The number of nitrogens with one attached hydrogen (secondary N) is 2. The number of halogens is 1. The molecule has 1 amide bonds. The highest BCUT2D eigenvalue weighted by atomic mass is 35.5. The minimum Gasteiger partial charge on any atom is -0.365 e. The summed E-state index contributed by atoms with van der Waals surface area (Å²) in [6, 6.07) is 10.4. The SMILES string of the molecule is CC(C)(C)Nc1ccc(NC(=O)c2cccc(Cl)c2)cn1. The topological polar surface area (TPSA) is 54.0 Å². The number of amides is 1. The van der Waals surface area contributed by atoms with Gasteiger partial charge in [-0.15, -0.1) is 0 Å². The van der Waals surface area contributed by atoms with E-state index in [0.717, 1.165) is 5.82 Å². The molecule has 0 aliphatic carbocycles. The number of nitrogens with zero attached hydrogens (tertiary/aromatic N) is 1. The van der Waals surface area contributed by atoms with Gasteiger partial charge in [0.15, 0.2) is 0 Å². The van der Waals surface area contributed by atoms with E-state index < -0.39 is 0 Å². The molecule has 110 valence electrons. The average molecular weight is 304 g/mol. The summed E-state index contributed by atoms with van der Waals surface area (Å²) in [5, 5.41) is 6.58. The van der Waals surface area contributed by atoms with Crippen molar-refractivity contribution >= 4 is 29.0 Å². The zero-order valence-electron chi connectivity index (χ0n) is 12.3. The van der Waals surface area contributed by atoms with Crippen LogP contribution < -0.4 is 10.6 Å². The van der Waals surface area contributed by atoms with E-state index in [1.807, 2.05) is 12.1 Å². The highest BCUT2D eigenvalue weighted by Gasteiger charge is 2.10. The highest BCUT2D eigenvalue weighted by molar-refractivity contribution is 6.31. The summed E-state index contributed by atoms with van der Waals surface area (Å²) in [5.74, 6) is 0.555. The summed E-state index contributed by atoms with van der Waals surface area (Å²) in [4.78, 5) is 16.3. The molecule has 0 atom stereocenters. The van der Waals surface area contributed by atoms with Crippen molar-refractivity contribution in [3.05, 3.63) is 53.2 Å². The van der Waals surface area contributed by atoms with Crippen molar-refractivity contribution < 1.29 is 4.79 Å². The van der Waals surface area contributed by atoms with Crippen molar-refractivity contribution in [1.82, 2.24) is 4.98 Å². The molecule has 2 N–H and O–H groups in total. The molecule has 0 bridgehead atoms. The second-order valence-corrected chi connectivity index (χ2v) is 6.21. The molecule has 0 fully saturated rings. The van der Waals surface area contributed by atoms with Gasteiger partial charge in [-0.3, -0.25) is 4.79 Å². The average Bonchev–Trinajstić information content (AvgIpc) is 2.39. The molecule has 5 heteroatoms. The maximum atomic E-state index is 12.1. The van der Waals surface area contributed by atoms with E-state index in [9.17, 15) is 4.79 Å². The van der Waals surface area contributed by atoms with Gasteiger partial charge in [0.05, 0.1) is 11.9 Å². The lowest BCUT2D eigenvalue weighted by Gasteiger charge is -2.21. The summed E-state index contributed by atoms with van der Waals surface area (Å²) in [6.07, 6.45) is 1.62. The first-order chi connectivity index (χ1) is 9.83. The molecular weight excluding hydrogens is 286 g/mol. The first-order valence-electron chi connectivity index (χ1n) is 6.65. The van der Waals surface area contributed by atoms with Gasteiger partial charge in [0.2, 0.25) is 0 Å². The Bertz CT molecular complexity index is 633. The van der Waals surface area contributed by atoms with E-state index in [1.54, 1.807) is 30.5 Å². The Hall–Kier alpha value is -2.07. The van der Waals surface area contributed by atoms with E-state index in [0.29, 0.717) is 16.3 Å². The molecule has 0 saturated carbocycles. The Kier molecular flexibility index (Phi) is 4.48. The van der Waals surface area contributed by atoms with Gasteiger partial charge in [0.25, 0.3) is 5.91 Å². The second kappa shape index (κ2) is 6.14. The van der Waals surface area contributed by atoms with Gasteiger partial charge in [0.1, 0.15) is 5.82 Å². The maximum absolute atomic E-state index is 12.1. The number of pyridine rings is 1. The molecule has 1 aromatic heterocycles. The molecular formula is C16H18ClN3O. The third kappa shape index (κ3) is 4.76. The van der Waals surface area contributed by atoms with Crippen LogP contribution in [0, 0.1) is 0 Å². The van der Waals surface area contributed by atoms with E-state index in [2.05, 4.69) is 36.4 Å². The molecule has 0 unspecified atom stereocenters. The molecule has 21 heavy (non-hydrogen) atoms. The van der Waals surface area contributed by atoms with Gasteiger partial charge in [0, 0.05) is 16.1 Å². The molecule has 0 spiro atoms. The molecule has 1 heterocycles. The largest absolute Gasteiger partial charge is 0.365 e. The number of hydrogen-bond acceptors (Lipinski definition) is 3. The van der Waals surface area contributed by atoms with Gasteiger partial charge in [-0.2, -0.15) is 0 Å². The van der Waals surface area contributed by atoms with Crippen LogP contribution in [0.4, 0.5) is 11.5 Å². The van der Waals surface area contributed by atoms with Gasteiger partial charge >= 0.3 is 0 Å². The van der Waals surface area contributed by atoms with E-state index >= 15 is 0 Å². The first kappa shape index (κ1) is 15.3. The molecule has 1 aromatic carbocycles. The summed E-state index contributed by atoms with van der Waals surface area (Å²) >= 11 is 5.87. The molecule has 0 radical (unpaired) electrons. The minimum absolute atomic E-state index is 0.0570. The smallest absolute Gasteiger partial charge is 0.255 e. The van der Waals surface area contributed by atoms with Crippen molar-refractivity contribution in [3.8, 4) is 0 Å². The van der Waals surface area contributed by atoms with Crippen LogP contribution in [0.15, 0.2) is 42.6 Å². The van der Waals surface area contributed by atoms with Crippen LogP contribution in [0.1, 0.15) is 31.1 Å². The Morgan fingerprint density at radius 2 is 1.95 bits per heavy atom. The van der Waals surface area contributed by atoms with Crippen LogP contribution in [-0.4, -0.2) is 16.4 Å². The van der Waals surface area contributed by atoms with Crippen molar-refractivity contribution in [1.29, 1.82) is 0 Å². The van der Waals surface area contributed by atoms with Crippen LogP contribution in [0.5, 0.6) is 0 Å². The number of aromatic nitrogens is 1. The number of benzene rings is 1. The molecule has 2 aromatic rings. The van der Waals surface area contributed by atoms with Crippen LogP contribution in [0.2, 0.25) is 5.02 Å². The fourth-order valence-electron chi connectivity index (χ4n) is 1.76. The summed E-state index contributed by atoms with van der Waals surface area (Å²) < 4.78 is 0. The number of carbonyl (C=O) groups is 1. The summed E-state index contributed by atoms with van der Waals surface area (Å²) in [6.45, 7) is 6.18. The first-order valence-corrected chi connectivity index (χ1v) is 7.02. The van der Waals surface area contributed by atoms with Crippen LogP contribution in [-0.2, 0) is 0 Å². The van der Waals surface area contributed by atoms with E-state index in [-0.39, 0.29) is 11.4 Å². The Balaban J connectivity index is 2.05. The number of hydrogen-bond donors (Lipinski definition) is 2. The van der Waals surface area contributed by atoms with Crippen molar-refractivity contribution in [3.63, 3.8) is 0 Å². The van der Waals surface area contributed by atoms with Crippen molar-refractivity contribution in [2.75, 3.05) is 10.6 Å². The molecule has 2 rings (SSSR count). The zero-order valence-corrected chi connectivity index (χ0v) is 13.0. The molecule has 0 aliphatic heterocycles. The quantitative estimate of drug-likeness (QED) is 0.893. The van der Waals surface area contributed by atoms with Gasteiger partial charge in [-0.1, -0.05) is 17.7 Å². The lowest BCUT2D eigenvalue weighted by molar-refractivity contribution is 0.102. The zero-order chi connectivity index (χ0) is 15.5. The fourth-order valence-corrected chi connectivity index (χ4v) is 1.95. The number of carbonyl (C=O) groups excluding carboxylic acids is 1. The molecule has 4 nitrogen and oxygen atoms in total. The molecule has 0 aliphatic rings. The minimum atomic E-state index is -0.212. The third-order valence-corrected chi connectivity index (χ3v) is 2.85. The Labute approximate surface area is 129 Å². The third-order valence-electron chi connectivity index (χ3n) is 2.61. The summed E-state index contributed by atoms with van der Waals surface area (Å²) in [7, 11) is 0. The standard InChI is InChI=1S/C16H18ClN3O/c1-16(2,3)20-14-8-7-13(10-18-14)19-15(21)11-5-4-6-12(17)9-11/h4-10H,1-3H3,(H,18,20)(H,19,21). The van der Waals surface area contributed by atoms with E-state index in [1.165, 1.54) is 0 Å². The lowest BCUT2D eigenvalue weighted by atomic mass is 10.1. The Morgan fingerprint density at radius 3 is 2.52 bits per heavy atom. The van der Waals surface area contributed by atoms with Crippen LogP contribution >= 0.6 is 11.6 Å². The fraction of sp³-hybridized carbons (Fsp3) is 0.250. The molecule has 0 saturated heterocycles. The van der Waals surface area contributed by atoms with Crippen LogP contribution in [0.3, 0.4) is 0 Å². The van der Waals surface area contributed by atoms with Gasteiger partial charge in [-0.05, 0) is 51.1 Å². The normalized spacial score (nSPS) is 11.0. The van der Waals surface area contributed by atoms with E-state index in [4.69, 9.17) is 11.6 Å². The number of rotatable bonds is 3. The monoisotopic (exact) mass is 303 g/mol. The predicted octanol–water partition coefficient (Wildman–Crippen LogP) is 4.20. The number of anilines is 2. The highest BCUT2D eigenvalue weighted by Crippen LogP contribution is 2.16. The van der Waals surface area contributed by atoms with Crippen molar-refractivity contribution in [2.45, 2.75) is 26.3 Å². The Morgan fingerprint density at radius 1 is 1.19 bits per heavy atom. The van der Waals surface area contributed by atoms with Crippen LogP contribution in [0.25, 0.3) is 0 Å². The predicted molar refractivity (Wildman–Crippen MR) is 87.0 cm³/mol. The summed E-state index contributed by atoms with van der Waals surface area (Å²) in [5.41, 5.74) is 1.09. The maximum Gasteiger partial charge on any atom is 0.255 e. The van der Waals surface area contributed by atoms with Gasteiger partial charge in [-0.25, -0.2) is 4.98 Å². The second-order valence-electron chi connectivity index (χ2n) is 5.77. The van der Waals surface area contributed by atoms with Crippen molar-refractivity contribution in [2.24, 2.45) is 0 Å². The van der Waals surface area contributed by atoms with Gasteiger partial charge < -0.3 is 10.6 Å². The lowest BCUT2D eigenvalue weighted by Crippen LogP contribution is -2.26.